The van der Waals surface area contributed by atoms with Crippen LogP contribution in [0.25, 0.3) is 0 Å². The zero-order valence-electron chi connectivity index (χ0n) is 15.5. The van der Waals surface area contributed by atoms with Crippen LogP contribution in [-0.4, -0.2) is 65.8 Å². The minimum Gasteiger partial charge on any atom is -0.381 e. The van der Waals surface area contributed by atoms with Crippen LogP contribution in [0.5, 0.6) is 0 Å². The van der Waals surface area contributed by atoms with Gasteiger partial charge in [0, 0.05) is 45.4 Å². The number of nitrogens with zero attached hydrogens (tertiary/aromatic N) is 4. The fourth-order valence-corrected chi connectivity index (χ4v) is 3.22. The lowest BCUT2D eigenvalue weighted by Crippen LogP contribution is -2.47. The van der Waals surface area contributed by atoms with Gasteiger partial charge in [0.1, 0.15) is 12.2 Å². The van der Waals surface area contributed by atoms with Gasteiger partial charge in [0.2, 0.25) is 0 Å². The molecule has 0 spiro atoms. The first-order chi connectivity index (χ1) is 12.3. The third-order valence-electron chi connectivity index (χ3n) is 4.58. The molecule has 0 amide bonds. The number of ether oxygens (including phenoxy) is 2. The molecule has 0 saturated carbocycles. The summed E-state index contributed by atoms with van der Waals surface area (Å²) in [5.74, 6) is 1.95. The number of hydrogen-bond acceptors (Lipinski definition) is 5. The Bertz CT molecular complexity index is 547. The molecule has 1 atom stereocenters. The first kappa shape index (κ1) is 21.4. The van der Waals surface area contributed by atoms with Crippen molar-refractivity contribution in [3.63, 3.8) is 0 Å². The third kappa shape index (κ3) is 6.66. The van der Waals surface area contributed by atoms with Gasteiger partial charge < -0.3 is 20.1 Å². The minimum absolute atomic E-state index is 0. The normalized spacial score (nSPS) is 21.0. The molecule has 2 aliphatic rings. The Kier molecular flexibility index (Phi) is 9.62. The van der Waals surface area contributed by atoms with E-state index >= 15 is 0 Å². The zero-order valence-corrected chi connectivity index (χ0v) is 17.9. The summed E-state index contributed by atoms with van der Waals surface area (Å²) in [7, 11) is 0. The Morgan fingerprint density at radius 2 is 2.23 bits per heavy atom. The fraction of sp³-hybridized carbons (Fsp3) is 0.824. The topological polar surface area (TPSA) is 85.6 Å². The van der Waals surface area contributed by atoms with Crippen molar-refractivity contribution in [2.24, 2.45) is 4.99 Å². The molecule has 0 radical (unpaired) electrons. The molecule has 1 aromatic rings. The SMILES string of the molecule is CCNC(=NCCCOC1CCOCC1)NC1CCc2ncnn2C1.I. The highest BCUT2D eigenvalue weighted by atomic mass is 127. The van der Waals surface area contributed by atoms with E-state index in [4.69, 9.17) is 9.47 Å². The van der Waals surface area contributed by atoms with Gasteiger partial charge in [-0.05, 0) is 32.6 Å². The Morgan fingerprint density at radius 1 is 1.38 bits per heavy atom. The highest BCUT2D eigenvalue weighted by Gasteiger charge is 2.20. The molecule has 1 fully saturated rings. The molecule has 3 rings (SSSR count). The van der Waals surface area contributed by atoms with E-state index in [-0.39, 0.29) is 24.0 Å². The molecule has 0 aliphatic carbocycles. The van der Waals surface area contributed by atoms with Crippen molar-refractivity contribution >= 4 is 29.9 Å². The van der Waals surface area contributed by atoms with Crippen molar-refractivity contribution < 1.29 is 9.47 Å². The molecular weight excluding hydrogens is 447 g/mol. The molecule has 8 nitrogen and oxygen atoms in total. The highest BCUT2D eigenvalue weighted by Crippen LogP contribution is 2.12. The third-order valence-corrected chi connectivity index (χ3v) is 4.58. The number of aryl methyl sites for hydroxylation is 1. The number of fused-ring (bicyclic) bond motifs is 1. The van der Waals surface area contributed by atoms with Crippen LogP contribution in [-0.2, 0) is 22.4 Å². The molecule has 3 heterocycles. The average Bonchev–Trinajstić information content (AvgIpc) is 3.10. The number of rotatable bonds is 7. The number of guanidine groups is 1. The Labute approximate surface area is 172 Å². The van der Waals surface area contributed by atoms with Gasteiger partial charge in [-0.25, -0.2) is 9.67 Å². The summed E-state index contributed by atoms with van der Waals surface area (Å²) in [5, 5.41) is 11.1. The van der Waals surface area contributed by atoms with E-state index < -0.39 is 0 Å². The predicted molar refractivity (Wildman–Crippen MR) is 111 cm³/mol. The molecule has 9 heteroatoms. The van der Waals surface area contributed by atoms with Gasteiger partial charge in [-0.2, -0.15) is 5.10 Å². The predicted octanol–water partition coefficient (Wildman–Crippen LogP) is 1.35. The standard InChI is InChI=1S/C17H30N6O2.HI/c1-2-18-17(19-8-3-9-25-15-6-10-24-11-7-15)22-14-4-5-16-20-13-21-23(16)12-14;/h13-15H,2-12H2,1H3,(H2,18,19,22);1H. The molecule has 2 N–H and O–H groups in total. The molecule has 2 aliphatic heterocycles. The summed E-state index contributed by atoms with van der Waals surface area (Å²) >= 11 is 0. The van der Waals surface area contributed by atoms with E-state index in [1.807, 2.05) is 4.68 Å². The molecule has 1 unspecified atom stereocenters. The zero-order chi connectivity index (χ0) is 17.3. The molecule has 0 bridgehead atoms. The van der Waals surface area contributed by atoms with Crippen molar-refractivity contribution in [2.45, 2.75) is 57.7 Å². The van der Waals surface area contributed by atoms with Crippen LogP contribution in [0.2, 0.25) is 0 Å². The van der Waals surface area contributed by atoms with E-state index in [1.54, 1.807) is 6.33 Å². The van der Waals surface area contributed by atoms with Crippen LogP contribution < -0.4 is 10.6 Å². The summed E-state index contributed by atoms with van der Waals surface area (Å²) in [6, 6.07) is 0.338. The summed E-state index contributed by atoms with van der Waals surface area (Å²) in [5.41, 5.74) is 0. The number of nitrogens with one attached hydrogen (secondary N) is 2. The number of aromatic nitrogens is 3. The molecule has 1 saturated heterocycles. The van der Waals surface area contributed by atoms with Crippen molar-refractivity contribution in [3.8, 4) is 0 Å². The summed E-state index contributed by atoms with van der Waals surface area (Å²) in [4.78, 5) is 8.95. The van der Waals surface area contributed by atoms with Gasteiger partial charge in [-0.1, -0.05) is 0 Å². The summed E-state index contributed by atoms with van der Waals surface area (Å²) in [6.07, 6.45) is 6.97. The second-order valence-corrected chi connectivity index (χ2v) is 6.54. The van der Waals surface area contributed by atoms with E-state index in [1.165, 1.54) is 0 Å². The maximum Gasteiger partial charge on any atom is 0.191 e. The smallest absolute Gasteiger partial charge is 0.191 e. The number of halogens is 1. The molecule has 0 aromatic carbocycles. The number of aliphatic imine (C=N–C) groups is 1. The Balaban J connectivity index is 0.00000243. The van der Waals surface area contributed by atoms with E-state index in [2.05, 4.69) is 32.6 Å². The van der Waals surface area contributed by atoms with Crippen LogP contribution in [0.3, 0.4) is 0 Å². The number of hydrogen-bond donors (Lipinski definition) is 2. The molecule has 1 aromatic heterocycles. The van der Waals surface area contributed by atoms with Gasteiger partial charge in [-0.15, -0.1) is 24.0 Å². The van der Waals surface area contributed by atoms with Gasteiger partial charge >= 0.3 is 0 Å². The van der Waals surface area contributed by atoms with Gasteiger partial charge in [0.15, 0.2) is 5.96 Å². The van der Waals surface area contributed by atoms with E-state index in [9.17, 15) is 0 Å². The van der Waals surface area contributed by atoms with Crippen molar-refractivity contribution in [1.82, 2.24) is 25.4 Å². The van der Waals surface area contributed by atoms with Crippen molar-refractivity contribution in [1.29, 1.82) is 0 Å². The Morgan fingerprint density at radius 3 is 3.04 bits per heavy atom. The van der Waals surface area contributed by atoms with Crippen LogP contribution in [0.15, 0.2) is 11.3 Å². The first-order valence-electron chi connectivity index (χ1n) is 9.46. The molecule has 26 heavy (non-hydrogen) atoms. The summed E-state index contributed by atoms with van der Waals surface area (Å²) in [6.45, 7) is 6.96. The van der Waals surface area contributed by atoms with Gasteiger partial charge in [-0.3, -0.25) is 4.99 Å². The second-order valence-electron chi connectivity index (χ2n) is 6.54. The van der Waals surface area contributed by atoms with E-state index in [0.29, 0.717) is 12.1 Å². The van der Waals surface area contributed by atoms with Crippen molar-refractivity contribution in [2.75, 3.05) is 32.9 Å². The summed E-state index contributed by atoms with van der Waals surface area (Å²) < 4.78 is 13.2. The lowest BCUT2D eigenvalue weighted by Gasteiger charge is -2.25. The van der Waals surface area contributed by atoms with Crippen LogP contribution in [0, 0.1) is 0 Å². The Hall–Kier alpha value is -0.940. The lowest BCUT2D eigenvalue weighted by atomic mass is 10.1. The maximum atomic E-state index is 5.90. The van der Waals surface area contributed by atoms with Gasteiger partial charge in [0.25, 0.3) is 0 Å². The fourth-order valence-electron chi connectivity index (χ4n) is 3.22. The quantitative estimate of drug-likeness (QED) is 0.267. The maximum absolute atomic E-state index is 5.90. The minimum atomic E-state index is 0. The van der Waals surface area contributed by atoms with E-state index in [0.717, 1.165) is 83.3 Å². The monoisotopic (exact) mass is 478 g/mol. The average molecular weight is 478 g/mol. The highest BCUT2D eigenvalue weighted by molar-refractivity contribution is 14.0. The first-order valence-corrected chi connectivity index (χ1v) is 9.46. The molecule has 148 valence electrons. The lowest BCUT2D eigenvalue weighted by molar-refractivity contribution is -0.0318. The van der Waals surface area contributed by atoms with Crippen molar-refractivity contribution in [3.05, 3.63) is 12.2 Å². The largest absolute Gasteiger partial charge is 0.381 e. The second kappa shape index (κ2) is 11.7. The van der Waals surface area contributed by atoms with Gasteiger partial charge in [0.05, 0.1) is 12.6 Å². The van der Waals surface area contributed by atoms with Crippen LogP contribution >= 0.6 is 24.0 Å². The van der Waals surface area contributed by atoms with Crippen LogP contribution in [0.1, 0.15) is 38.4 Å². The van der Waals surface area contributed by atoms with Crippen LogP contribution in [0.4, 0.5) is 0 Å². The molecular formula is C17H31IN6O2.